The van der Waals surface area contributed by atoms with E-state index in [2.05, 4.69) is 17.1 Å². The first-order valence-corrected chi connectivity index (χ1v) is 9.06. The summed E-state index contributed by atoms with van der Waals surface area (Å²) in [7, 11) is 0. The molecule has 0 unspecified atom stereocenters. The zero-order valence-electron chi connectivity index (χ0n) is 14.7. The lowest BCUT2D eigenvalue weighted by Crippen LogP contribution is -2.32. The molecule has 144 valence electrons. The molecule has 1 fully saturated rings. The number of aromatic nitrogens is 1. The number of thiazole rings is 1. The van der Waals surface area contributed by atoms with Crippen LogP contribution in [0.25, 0.3) is 10.8 Å². The summed E-state index contributed by atoms with van der Waals surface area (Å²) >= 11 is 1.47. The molecule has 27 heavy (non-hydrogen) atoms. The van der Waals surface area contributed by atoms with E-state index in [4.69, 9.17) is 10.2 Å². The topological polar surface area (TPSA) is 72.4 Å². The van der Waals surface area contributed by atoms with Gasteiger partial charge in [-0.3, -0.25) is 4.79 Å². The van der Waals surface area contributed by atoms with Gasteiger partial charge in [-0.05, 0) is 24.6 Å². The van der Waals surface area contributed by atoms with Crippen LogP contribution in [0.1, 0.15) is 26.8 Å². The van der Waals surface area contributed by atoms with Crippen molar-refractivity contribution in [3.8, 4) is 10.8 Å². The molecule has 5 nitrogen and oxygen atoms in total. The maximum atomic E-state index is 13.0. The fraction of sp³-hybridized carbons (Fsp3) is 0.263. The highest BCUT2D eigenvalue weighted by Crippen LogP contribution is 2.31. The summed E-state index contributed by atoms with van der Waals surface area (Å²) in [6.45, 7) is 3.09. The van der Waals surface area contributed by atoms with Gasteiger partial charge >= 0.3 is 0 Å². The molecule has 1 aromatic carbocycles. The minimum absolute atomic E-state index is 0. The molecule has 1 saturated heterocycles. The zero-order chi connectivity index (χ0) is 17.4. The quantitative estimate of drug-likeness (QED) is 0.684. The molecule has 1 amide bonds. The Morgan fingerprint density at radius 3 is 2.59 bits per heavy atom. The molecule has 0 aliphatic carbocycles. The van der Waals surface area contributed by atoms with Gasteiger partial charge in [0.05, 0.1) is 6.26 Å². The van der Waals surface area contributed by atoms with Crippen LogP contribution in [0.5, 0.6) is 0 Å². The molecule has 3 aromatic rings. The number of carbonyl (C=O) groups excluding carboxylic acids is 1. The molecule has 2 N–H and O–H groups in total. The number of aryl methyl sites for hydroxylation is 1. The summed E-state index contributed by atoms with van der Waals surface area (Å²) in [5, 5.41) is 0.731. The van der Waals surface area contributed by atoms with Crippen LogP contribution in [0.15, 0.2) is 53.1 Å². The molecule has 0 spiro atoms. The van der Waals surface area contributed by atoms with Gasteiger partial charge in [0.1, 0.15) is 5.69 Å². The predicted octanol–water partition coefficient (Wildman–Crippen LogP) is 4.12. The largest absolute Gasteiger partial charge is 0.462 e. The van der Waals surface area contributed by atoms with E-state index in [-0.39, 0.29) is 42.7 Å². The number of nitrogens with two attached hydrogens (primary N) is 1. The highest BCUT2D eigenvalue weighted by atomic mass is 35.5. The molecule has 0 radical (unpaired) electrons. The third-order valence-corrected chi connectivity index (χ3v) is 5.60. The summed E-state index contributed by atoms with van der Waals surface area (Å²) in [6, 6.07) is 13.8. The SMILES string of the molecule is Cc1sc(-c2ccco2)nc1C(=O)N1C[C@@H](N)[C@H](c2ccccc2)C1.Cl.Cl. The fourth-order valence-corrected chi connectivity index (χ4v) is 4.17. The zero-order valence-corrected chi connectivity index (χ0v) is 17.2. The van der Waals surface area contributed by atoms with Crippen LogP contribution in [-0.4, -0.2) is 34.9 Å². The Bertz CT molecular complexity index is 884. The number of nitrogens with zero attached hydrogens (tertiary/aromatic N) is 2. The molecule has 2 aromatic heterocycles. The Labute approximate surface area is 174 Å². The number of rotatable bonds is 3. The summed E-state index contributed by atoms with van der Waals surface area (Å²) < 4.78 is 5.39. The van der Waals surface area contributed by atoms with Crippen molar-refractivity contribution < 1.29 is 9.21 Å². The Hall–Kier alpha value is -1.86. The molecule has 0 bridgehead atoms. The average molecular weight is 426 g/mol. The first kappa shape index (κ1) is 21.4. The van der Waals surface area contributed by atoms with Gasteiger partial charge < -0.3 is 15.1 Å². The van der Waals surface area contributed by atoms with Crippen molar-refractivity contribution in [2.45, 2.75) is 18.9 Å². The van der Waals surface area contributed by atoms with Crippen molar-refractivity contribution in [1.29, 1.82) is 0 Å². The van der Waals surface area contributed by atoms with Crippen LogP contribution in [0.2, 0.25) is 0 Å². The van der Waals surface area contributed by atoms with Crippen LogP contribution in [0.4, 0.5) is 0 Å². The Morgan fingerprint density at radius 1 is 1.19 bits per heavy atom. The lowest BCUT2D eigenvalue weighted by molar-refractivity contribution is 0.0783. The highest BCUT2D eigenvalue weighted by Gasteiger charge is 2.35. The van der Waals surface area contributed by atoms with Gasteiger partial charge in [-0.1, -0.05) is 30.3 Å². The smallest absolute Gasteiger partial charge is 0.273 e. The second-order valence-corrected chi connectivity index (χ2v) is 7.50. The third kappa shape index (κ3) is 4.19. The molecule has 0 saturated carbocycles. The van der Waals surface area contributed by atoms with E-state index in [0.29, 0.717) is 24.5 Å². The lowest BCUT2D eigenvalue weighted by Gasteiger charge is -2.15. The van der Waals surface area contributed by atoms with Crippen LogP contribution in [0, 0.1) is 6.92 Å². The van der Waals surface area contributed by atoms with E-state index in [1.807, 2.05) is 42.2 Å². The minimum atomic E-state index is -0.0603. The number of amides is 1. The second-order valence-electron chi connectivity index (χ2n) is 6.29. The molecule has 1 aliphatic rings. The number of benzene rings is 1. The summed E-state index contributed by atoms with van der Waals surface area (Å²) in [5.41, 5.74) is 7.99. The van der Waals surface area contributed by atoms with Gasteiger partial charge in [-0.2, -0.15) is 0 Å². The summed E-state index contributed by atoms with van der Waals surface area (Å²) in [4.78, 5) is 20.2. The molecular weight excluding hydrogens is 405 g/mol. The number of halogens is 2. The van der Waals surface area contributed by atoms with Gasteiger partial charge in [0.15, 0.2) is 10.8 Å². The molecule has 4 rings (SSSR count). The van der Waals surface area contributed by atoms with Gasteiger partial charge in [-0.25, -0.2) is 4.98 Å². The number of hydrogen-bond donors (Lipinski definition) is 1. The van der Waals surface area contributed by atoms with E-state index in [9.17, 15) is 4.79 Å². The normalized spacial score (nSPS) is 18.7. The lowest BCUT2D eigenvalue weighted by atomic mass is 9.95. The summed E-state index contributed by atoms with van der Waals surface area (Å²) in [6.07, 6.45) is 1.61. The number of carbonyl (C=O) groups is 1. The maximum Gasteiger partial charge on any atom is 0.273 e. The maximum absolute atomic E-state index is 13.0. The van der Waals surface area contributed by atoms with Crippen molar-refractivity contribution in [3.63, 3.8) is 0 Å². The predicted molar refractivity (Wildman–Crippen MR) is 112 cm³/mol. The standard InChI is InChI=1S/C19H19N3O2S.2ClH/c1-12-17(21-18(25-12)16-8-5-9-24-16)19(23)22-10-14(15(20)11-22)13-6-3-2-4-7-13;;/h2-9,14-15H,10-11,20H2,1H3;2*1H/t14-,15+;;/m0../s1. The van der Waals surface area contributed by atoms with Crippen LogP contribution < -0.4 is 5.73 Å². The number of furan rings is 1. The molecule has 1 aliphatic heterocycles. The molecule has 2 atom stereocenters. The van der Waals surface area contributed by atoms with Crippen molar-refractivity contribution in [3.05, 3.63) is 64.9 Å². The van der Waals surface area contributed by atoms with E-state index in [1.165, 1.54) is 16.9 Å². The average Bonchev–Trinajstić information content (AvgIpc) is 3.34. The van der Waals surface area contributed by atoms with Crippen LogP contribution in [-0.2, 0) is 0 Å². The minimum Gasteiger partial charge on any atom is -0.462 e. The van der Waals surface area contributed by atoms with E-state index < -0.39 is 0 Å². The number of likely N-dealkylation sites (tertiary alicyclic amines) is 1. The van der Waals surface area contributed by atoms with Crippen LogP contribution >= 0.6 is 36.2 Å². The third-order valence-electron chi connectivity index (χ3n) is 4.61. The fourth-order valence-electron chi connectivity index (χ4n) is 3.30. The Kier molecular flexibility index (Phi) is 7.06. The number of hydrogen-bond acceptors (Lipinski definition) is 5. The second kappa shape index (κ2) is 8.89. The summed E-state index contributed by atoms with van der Waals surface area (Å²) in [5.74, 6) is 0.793. The molecule has 3 heterocycles. The first-order valence-electron chi connectivity index (χ1n) is 8.24. The van der Waals surface area contributed by atoms with E-state index in [0.717, 1.165) is 9.88 Å². The molecular formula is C19H21Cl2N3O2S. The van der Waals surface area contributed by atoms with Crippen molar-refractivity contribution in [1.82, 2.24) is 9.88 Å². The first-order chi connectivity index (χ1) is 12.1. The highest BCUT2D eigenvalue weighted by molar-refractivity contribution is 7.15. The Balaban J connectivity index is 0.00000131. The van der Waals surface area contributed by atoms with E-state index in [1.54, 1.807) is 6.26 Å². The Morgan fingerprint density at radius 2 is 1.93 bits per heavy atom. The van der Waals surface area contributed by atoms with Crippen molar-refractivity contribution >= 4 is 42.1 Å². The van der Waals surface area contributed by atoms with Gasteiger partial charge in [0.25, 0.3) is 5.91 Å². The van der Waals surface area contributed by atoms with Crippen molar-refractivity contribution in [2.24, 2.45) is 5.73 Å². The monoisotopic (exact) mass is 425 g/mol. The molecule has 8 heteroatoms. The van der Waals surface area contributed by atoms with Crippen LogP contribution in [0.3, 0.4) is 0 Å². The van der Waals surface area contributed by atoms with Gasteiger partial charge in [0.2, 0.25) is 0 Å². The van der Waals surface area contributed by atoms with Gasteiger partial charge in [0, 0.05) is 29.9 Å². The van der Waals surface area contributed by atoms with Crippen molar-refractivity contribution in [2.75, 3.05) is 13.1 Å². The van der Waals surface area contributed by atoms with Gasteiger partial charge in [-0.15, -0.1) is 36.2 Å². The van der Waals surface area contributed by atoms with E-state index >= 15 is 0 Å².